The van der Waals surface area contributed by atoms with E-state index in [-0.39, 0.29) is 6.03 Å². The quantitative estimate of drug-likeness (QED) is 0.923. The van der Waals surface area contributed by atoms with Gasteiger partial charge in [0.15, 0.2) is 0 Å². The highest BCUT2D eigenvalue weighted by Crippen LogP contribution is 2.27. The third-order valence-electron chi connectivity index (χ3n) is 4.51. The molecule has 0 heterocycles. The predicted molar refractivity (Wildman–Crippen MR) is 84.4 cm³/mol. The molecule has 2 unspecified atom stereocenters. The molecule has 4 nitrogen and oxygen atoms in total. The maximum absolute atomic E-state index is 12.3. The van der Waals surface area contributed by atoms with E-state index in [2.05, 4.69) is 12.2 Å². The van der Waals surface area contributed by atoms with Gasteiger partial charge in [-0.25, -0.2) is 4.79 Å². The first-order chi connectivity index (χ1) is 10.1. The highest BCUT2D eigenvalue weighted by Gasteiger charge is 2.27. The third kappa shape index (κ3) is 3.90. The fourth-order valence-electron chi connectivity index (χ4n) is 3.17. The molecule has 1 aliphatic carbocycles. The summed E-state index contributed by atoms with van der Waals surface area (Å²) in [5, 5.41) is 3.00. The molecular formula is C17H26N2O2. The minimum Gasteiger partial charge on any atom is -0.496 e. The second-order valence-corrected chi connectivity index (χ2v) is 5.91. The Labute approximate surface area is 127 Å². The van der Waals surface area contributed by atoms with Crippen LogP contribution in [-0.2, 0) is 6.54 Å². The molecular weight excluding hydrogens is 264 g/mol. The first kappa shape index (κ1) is 15.7. The summed E-state index contributed by atoms with van der Waals surface area (Å²) in [6.45, 7) is 2.74. The summed E-state index contributed by atoms with van der Waals surface area (Å²) in [6, 6.07) is 8.13. The Morgan fingerprint density at radius 1 is 1.33 bits per heavy atom. The molecule has 1 fully saturated rings. The monoisotopic (exact) mass is 290 g/mol. The van der Waals surface area contributed by atoms with E-state index < -0.39 is 0 Å². The molecule has 1 aromatic carbocycles. The van der Waals surface area contributed by atoms with Crippen LogP contribution in [0, 0.1) is 5.92 Å². The number of ether oxygens (including phenoxy) is 1. The standard InChI is InChI=1S/C17H26N2O2/c1-13-8-4-6-10-15(13)19(2)17(20)18-12-14-9-5-7-11-16(14)21-3/h5,7,9,11,13,15H,4,6,8,10,12H2,1-3H3,(H,18,20). The highest BCUT2D eigenvalue weighted by molar-refractivity contribution is 5.74. The molecule has 2 amide bonds. The average Bonchev–Trinajstić information content (AvgIpc) is 2.52. The number of para-hydroxylation sites is 1. The molecule has 1 aliphatic rings. The lowest BCUT2D eigenvalue weighted by Gasteiger charge is -2.36. The van der Waals surface area contributed by atoms with Crippen molar-refractivity contribution in [2.75, 3.05) is 14.2 Å². The average molecular weight is 290 g/mol. The predicted octanol–water partition coefficient (Wildman–Crippen LogP) is 3.42. The van der Waals surface area contributed by atoms with E-state index in [4.69, 9.17) is 4.74 Å². The molecule has 2 rings (SSSR count). The molecule has 4 heteroatoms. The normalized spacial score (nSPS) is 21.7. The van der Waals surface area contributed by atoms with Gasteiger partial charge in [0.2, 0.25) is 0 Å². The van der Waals surface area contributed by atoms with Crippen LogP contribution in [0.4, 0.5) is 4.79 Å². The van der Waals surface area contributed by atoms with Gasteiger partial charge in [-0.1, -0.05) is 38.0 Å². The molecule has 21 heavy (non-hydrogen) atoms. The van der Waals surface area contributed by atoms with Crippen molar-refractivity contribution in [3.05, 3.63) is 29.8 Å². The Hall–Kier alpha value is -1.71. The molecule has 0 aromatic heterocycles. The van der Waals surface area contributed by atoms with E-state index in [9.17, 15) is 4.79 Å². The number of rotatable bonds is 4. The highest BCUT2D eigenvalue weighted by atomic mass is 16.5. The molecule has 1 N–H and O–H groups in total. The summed E-state index contributed by atoms with van der Waals surface area (Å²) in [5.74, 6) is 1.40. The smallest absolute Gasteiger partial charge is 0.317 e. The number of hydrogen-bond donors (Lipinski definition) is 1. The second-order valence-electron chi connectivity index (χ2n) is 5.91. The first-order valence-electron chi connectivity index (χ1n) is 7.76. The maximum atomic E-state index is 12.3. The van der Waals surface area contributed by atoms with Crippen molar-refractivity contribution in [2.24, 2.45) is 5.92 Å². The van der Waals surface area contributed by atoms with Gasteiger partial charge in [0.25, 0.3) is 0 Å². The van der Waals surface area contributed by atoms with Crippen molar-refractivity contribution >= 4 is 6.03 Å². The molecule has 2 atom stereocenters. The van der Waals surface area contributed by atoms with Crippen LogP contribution in [0.25, 0.3) is 0 Å². The third-order valence-corrected chi connectivity index (χ3v) is 4.51. The zero-order chi connectivity index (χ0) is 15.2. The second kappa shape index (κ2) is 7.34. The van der Waals surface area contributed by atoms with Crippen molar-refractivity contribution in [1.29, 1.82) is 0 Å². The number of benzene rings is 1. The van der Waals surface area contributed by atoms with Crippen LogP contribution < -0.4 is 10.1 Å². The number of urea groups is 1. The van der Waals surface area contributed by atoms with Crippen LogP contribution >= 0.6 is 0 Å². The number of nitrogens with one attached hydrogen (secondary N) is 1. The van der Waals surface area contributed by atoms with Crippen molar-refractivity contribution in [2.45, 2.75) is 45.2 Å². The van der Waals surface area contributed by atoms with Gasteiger partial charge in [-0.2, -0.15) is 0 Å². The van der Waals surface area contributed by atoms with Crippen molar-refractivity contribution in [3.63, 3.8) is 0 Å². The summed E-state index contributed by atoms with van der Waals surface area (Å²) >= 11 is 0. The Balaban J connectivity index is 1.91. The number of methoxy groups -OCH3 is 1. The topological polar surface area (TPSA) is 41.6 Å². The van der Waals surface area contributed by atoms with Crippen LogP contribution in [0.5, 0.6) is 5.75 Å². The Kier molecular flexibility index (Phi) is 5.48. The molecule has 0 aliphatic heterocycles. The van der Waals surface area contributed by atoms with E-state index in [1.165, 1.54) is 19.3 Å². The molecule has 0 bridgehead atoms. The van der Waals surface area contributed by atoms with Crippen LogP contribution in [0.1, 0.15) is 38.2 Å². The summed E-state index contributed by atoms with van der Waals surface area (Å²) in [5.41, 5.74) is 0.999. The number of amides is 2. The van der Waals surface area contributed by atoms with Crippen LogP contribution in [0.3, 0.4) is 0 Å². The largest absolute Gasteiger partial charge is 0.496 e. The van der Waals surface area contributed by atoms with Crippen molar-refractivity contribution < 1.29 is 9.53 Å². The SMILES string of the molecule is COc1ccccc1CNC(=O)N(C)C1CCCCC1C. The van der Waals surface area contributed by atoms with Gasteiger partial charge in [-0.05, 0) is 24.8 Å². The van der Waals surface area contributed by atoms with Crippen molar-refractivity contribution in [1.82, 2.24) is 10.2 Å². The molecule has 1 aromatic rings. The van der Waals surface area contributed by atoms with Crippen LogP contribution in [0.15, 0.2) is 24.3 Å². The number of nitrogens with zero attached hydrogens (tertiary/aromatic N) is 1. The fourth-order valence-corrected chi connectivity index (χ4v) is 3.17. The lowest BCUT2D eigenvalue weighted by molar-refractivity contribution is 0.145. The molecule has 116 valence electrons. The number of carbonyl (C=O) groups excluding carboxylic acids is 1. The van der Waals surface area contributed by atoms with Gasteiger partial charge in [0.05, 0.1) is 7.11 Å². The van der Waals surface area contributed by atoms with Crippen LogP contribution in [0.2, 0.25) is 0 Å². The van der Waals surface area contributed by atoms with Gasteiger partial charge < -0.3 is 15.0 Å². The first-order valence-corrected chi connectivity index (χ1v) is 7.76. The van der Waals surface area contributed by atoms with Gasteiger partial charge in [0.1, 0.15) is 5.75 Å². The minimum absolute atomic E-state index is 0.000318. The number of carbonyl (C=O) groups is 1. The van der Waals surface area contributed by atoms with Gasteiger partial charge in [0, 0.05) is 25.2 Å². The van der Waals surface area contributed by atoms with Crippen LogP contribution in [-0.4, -0.2) is 31.1 Å². The van der Waals surface area contributed by atoms with Gasteiger partial charge in [-0.15, -0.1) is 0 Å². The summed E-state index contributed by atoms with van der Waals surface area (Å²) in [6.07, 6.45) is 4.84. The van der Waals surface area contributed by atoms with E-state index in [0.29, 0.717) is 18.5 Å². The van der Waals surface area contributed by atoms with E-state index in [1.807, 2.05) is 36.2 Å². The van der Waals surface area contributed by atoms with Crippen molar-refractivity contribution in [3.8, 4) is 5.75 Å². The Morgan fingerprint density at radius 2 is 2.05 bits per heavy atom. The summed E-state index contributed by atoms with van der Waals surface area (Å²) in [7, 11) is 3.56. The lowest BCUT2D eigenvalue weighted by Crippen LogP contribution is -2.47. The molecule has 0 spiro atoms. The Bertz CT molecular complexity index is 476. The maximum Gasteiger partial charge on any atom is 0.317 e. The number of hydrogen-bond acceptors (Lipinski definition) is 2. The lowest BCUT2D eigenvalue weighted by atomic mass is 9.85. The summed E-state index contributed by atoms with van der Waals surface area (Å²) in [4.78, 5) is 14.2. The Morgan fingerprint density at radius 3 is 2.76 bits per heavy atom. The van der Waals surface area contributed by atoms with E-state index in [0.717, 1.165) is 17.7 Å². The molecule has 1 saturated carbocycles. The van der Waals surface area contributed by atoms with Gasteiger partial charge in [-0.3, -0.25) is 0 Å². The van der Waals surface area contributed by atoms with E-state index in [1.54, 1.807) is 7.11 Å². The van der Waals surface area contributed by atoms with E-state index >= 15 is 0 Å². The molecule has 0 saturated heterocycles. The van der Waals surface area contributed by atoms with Gasteiger partial charge >= 0.3 is 6.03 Å². The zero-order valence-corrected chi connectivity index (χ0v) is 13.3. The molecule has 0 radical (unpaired) electrons. The zero-order valence-electron chi connectivity index (χ0n) is 13.3. The fraction of sp³-hybridized carbons (Fsp3) is 0.588. The minimum atomic E-state index is -0.000318. The summed E-state index contributed by atoms with van der Waals surface area (Å²) < 4.78 is 5.31.